The summed E-state index contributed by atoms with van der Waals surface area (Å²) < 4.78 is 1.58. The maximum atomic E-state index is 10.9. The molecule has 0 aliphatic heterocycles. The fourth-order valence-electron chi connectivity index (χ4n) is 1.45. The van der Waals surface area contributed by atoms with E-state index < -0.39 is 5.91 Å². The molecule has 1 heterocycles. The van der Waals surface area contributed by atoms with Crippen molar-refractivity contribution >= 4 is 5.91 Å². The van der Waals surface area contributed by atoms with Crippen LogP contribution in [0.25, 0.3) is 0 Å². The van der Waals surface area contributed by atoms with E-state index in [1.54, 1.807) is 11.7 Å². The Morgan fingerprint density at radius 3 is 2.62 bits per heavy atom. The zero-order valence-electron chi connectivity index (χ0n) is 8.92. The Balaban J connectivity index is 2.25. The largest absolute Gasteiger partial charge is 0.363 e. The third-order valence-corrected chi connectivity index (χ3v) is 2.28. The molecule has 0 saturated heterocycles. The summed E-state index contributed by atoms with van der Waals surface area (Å²) in [6, 6.07) is 9.87. The molecule has 1 amide bonds. The van der Waals surface area contributed by atoms with Crippen LogP contribution in [0.2, 0.25) is 0 Å². The fourth-order valence-corrected chi connectivity index (χ4v) is 1.45. The van der Waals surface area contributed by atoms with Crippen molar-refractivity contribution in [1.82, 2.24) is 14.8 Å². The maximum absolute atomic E-state index is 10.9. The molecule has 1 aromatic carbocycles. The minimum Gasteiger partial charge on any atom is -0.363 e. The van der Waals surface area contributed by atoms with Gasteiger partial charge in [-0.3, -0.25) is 9.48 Å². The van der Waals surface area contributed by atoms with Crippen molar-refractivity contribution in [3.8, 4) is 0 Å². The van der Waals surface area contributed by atoms with E-state index in [1.165, 1.54) is 0 Å². The van der Waals surface area contributed by atoms with Crippen LogP contribution < -0.4 is 5.73 Å². The van der Waals surface area contributed by atoms with E-state index in [0.717, 1.165) is 11.4 Å². The highest BCUT2D eigenvalue weighted by atomic mass is 16.1. The van der Waals surface area contributed by atoms with Crippen LogP contribution in [0.3, 0.4) is 0 Å². The SMILES string of the molecule is Cn1nc(C(N)=O)nc1Cc1ccccc1. The standard InChI is InChI=1S/C11H12N4O/c1-15-9(13-11(14-15)10(12)16)7-8-5-3-2-4-6-8/h2-6H,7H2,1H3,(H2,12,16). The number of aryl methyl sites for hydroxylation is 1. The van der Waals surface area contributed by atoms with Gasteiger partial charge in [-0.25, -0.2) is 4.98 Å². The normalized spacial score (nSPS) is 10.3. The van der Waals surface area contributed by atoms with Crippen molar-refractivity contribution in [2.24, 2.45) is 12.8 Å². The van der Waals surface area contributed by atoms with Crippen LogP contribution in [0.4, 0.5) is 0 Å². The molecule has 0 spiro atoms. The minimum absolute atomic E-state index is 0.0634. The van der Waals surface area contributed by atoms with Gasteiger partial charge in [0.25, 0.3) is 5.91 Å². The average molecular weight is 216 g/mol. The number of primary amides is 1. The summed E-state index contributed by atoms with van der Waals surface area (Å²) in [7, 11) is 1.75. The summed E-state index contributed by atoms with van der Waals surface area (Å²) in [6.07, 6.45) is 0.637. The molecule has 0 fully saturated rings. The van der Waals surface area contributed by atoms with E-state index in [0.29, 0.717) is 6.42 Å². The van der Waals surface area contributed by atoms with Gasteiger partial charge in [-0.15, -0.1) is 5.10 Å². The van der Waals surface area contributed by atoms with E-state index in [1.807, 2.05) is 30.3 Å². The smallest absolute Gasteiger partial charge is 0.288 e. The monoisotopic (exact) mass is 216 g/mol. The number of amides is 1. The lowest BCUT2D eigenvalue weighted by atomic mass is 10.1. The first-order valence-electron chi connectivity index (χ1n) is 4.90. The zero-order chi connectivity index (χ0) is 11.5. The third kappa shape index (κ3) is 2.08. The molecule has 82 valence electrons. The molecule has 0 aliphatic rings. The molecule has 2 N–H and O–H groups in total. The van der Waals surface area contributed by atoms with Gasteiger partial charge in [-0.05, 0) is 5.56 Å². The van der Waals surface area contributed by atoms with Crippen LogP contribution >= 0.6 is 0 Å². The first kappa shape index (κ1) is 10.4. The molecule has 0 atom stereocenters. The maximum Gasteiger partial charge on any atom is 0.288 e. The first-order chi connectivity index (χ1) is 7.66. The lowest BCUT2D eigenvalue weighted by molar-refractivity contribution is 0.0990. The molecule has 5 heteroatoms. The molecule has 0 bridgehead atoms. The lowest BCUT2D eigenvalue weighted by Crippen LogP contribution is -2.13. The van der Waals surface area contributed by atoms with Gasteiger partial charge in [0.05, 0.1) is 0 Å². The molecule has 1 aromatic heterocycles. The van der Waals surface area contributed by atoms with Crippen LogP contribution in [0.1, 0.15) is 22.0 Å². The summed E-state index contributed by atoms with van der Waals surface area (Å²) in [6.45, 7) is 0. The molecular weight excluding hydrogens is 204 g/mol. The Bertz CT molecular complexity index is 504. The van der Waals surface area contributed by atoms with E-state index in [9.17, 15) is 4.79 Å². The van der Waals surface area contributed by atoms with Gasteiger partial charge in [-0.1, -0.05) is 30.3 Å². The Morgan fingerprint density at radius 2 is 2.06 bits per heavy atom. The van der Waals surface area contributed by atoms with E-state index in [4.69, 9.17) is 5.73 Å². The van der Waals surface area contributed by atoms with Gasteiger partial charge in [0.15, 0.2) is 0 Å². The summed E-state index contributed by atoms with van der Waals surface area (Å²) in [5.41, 5.74) is 6.23. The van der Waals surface area contributed by atoms with Crippen molar-refractivity contribution < 1.29 is 4.79 Å². The van der Waals surface area contributed by atoms with Gasteiger partial charge in [0.2, 0.25) is 5.82 Å². The molecule has 2 aromatic rings. The van der Waals surface area contributed by atoms with Crippen molar-refractivity contribution in [2.75, 3.05) is 0 Å². The predicted molar refractivity (Wildman–Crippen MR) is 58.8 cm³/mol. The average Bonchev–Trinajstić information content (AvgIpc) is 2.62. The van der Waals surface area contributed by atoms with Gasteiger partial charge in [0, 0.05) is 13.5 Å². The van der Waals surface area contributed by atoms with E-state index in [-0.39, 0.29) is 5.82 Å². The topological polar surface area (TPSA) is 73.8 Å². The molecule has 0 saturated carbocycles. The number of carbonyl (C=O) groups excluding carboxylic acids is 1. The van der Waals surface area contributed by atoms with Gasteiger partial charge >= 0.3 is 0 Å². The zero-order valence-corrected chi connectivity index (χ0v) is 8.92. The lowest BCUT2D eigenvalue weighted by Gasteiger charge is -1.99. The number of hydrogen-bond donors (Lipinski definition) is 1. The summed E-state index contributed by atoms with van der Waals surface area (Å²) in [5, 5.41) is 3.94. The quantitative estimate of drug-likeness (QED) is 0.812. The number of nitrogens with two attached hydrogens (primary N) is 1. The van der Waals surface area contributed by atoms with E-state index in [2.05, 4.69) is 10.1 Å². The number of nitrogens with zero attached hydrogens (tertiary/aromatic N) is 3. The summed E-state index contributed by atoms with van der Waals surface area (Å²) in [5.74, 6) is 0.184. The fraction of sp³-hybridized carbons (Fsp3) is 0.182. The van der Waals surface area contributed by atoms with Crippen LogP contribution in [0, 0.1) is 0 Å². The third-order valence-electron chi connectivity index (χ3n) is 2.28. The molecule has 0 radical (unpaired) electrons. The Morgan fingerprint density at radius 1 is 1.38 bits per heavy atom. The van der Waals surface area contributed by atoms with Crippen molar-refractivity contribution in [3.05, 3.63) is 47.5 Å². The van der Waals surface area contributed by atoms with Gasteiger partial charge in [-0.2, -0.15) is 0 Å². The Hall–Kier alpha value is -2.17. The second kappa shape index (κ2) is 4.14. The molecule has 2 rings (SSSR count). The van der Waals surface area contributed by atoms with Gasteiger partial charge in [0.1, 0.15) is 5.82 Å². The number of rotatable bonds is 3. The van der Waals surface area contributed by atoms with Crippen molar-refractivity contribution in [2.45, 2.75) is 6.42 Å². The summed E-state index contributed by atoms with van der Waals surface area (Å²) >= 11 is 0. The van der Waals surface area contributed by atoms with Crippen LogP contribution in [0.5, 0.6) is 0 Å². The molecular formula is C11H12N4O. The Kier molecular flexibility index (Phi) is 2.68. The Labute approximate surface area is 92.9 Å². The molecule has 0 unspecified atom stereocenters. The molecule has 5 nitrogen and oxygen atoms in total. The molecule has 0 aliphatic carbocycles. The second-order valence-corrected chi connectivity index (χ2v) is 3.50. The highest BCUT2D eigenvalue weighted by Crippen LogP contribution is 2.06. The number of carbonyl (C=O) groups is 1. The predicted octanol–water partition coefficient (Wildman–Crippen LogP) is 0.505. The molecule has 16 heavy (non-hydrogen) atoms. The number of benzene rings is 1. The second-order valence-electron chi connectivity index (χ2n) is 3.50. The van der Waals surface area contributed by atoms with Crippen LogP contribution in [0.15, 0.2) is 30.3 Å². The van der Waals surface area contributed by atoms with Crippen LogP contribution in [-0.2, 0) is 13.5 Å². The van der Waals surface area contributed by atoms with Crippen molar-refractivity contribution in [1.29, 1.82) is 0 Å². The van der Waals surface area contributed by atoms with Gasteiger partial charge < -0.3 is 5.73 Å². The first-order valence-corrected chi connectivity index (χ1v) is 4.90. The highest BCUT2D eigenvalue weighted by molar-refractivity contribution is 5.88. The van der Waals surface area contributed by atoms with Crippen LogP contribution in [-0.4, -0.2) is 20.7 Å². The number of aromatic nitrogens is 3. The van der Waals surface area contributed by atoms with Crippen molar-refractivity contribution in [3.63, 3.8) is 0 Å². The van der Waals surface area contributed by atoms with E-state index >= 15 is 0 Å². The highest BCUT2D eigenvalue weighted by Gasteiger charge is 2.11. The number of hydrogen-bond acceptors (Lipinski definition) is 3. The minimum atomic E-state index is -0.602. The summed E-state index contributed by atoms with van der Waals surface area (Å²) in [4.78, 5) is 15.0.